The van der Waals surface area contributed by atoms with Gasteiger partial charge in [0, 0.05) is 40.4 Å². The first kappa shape index (κ1) is 27.9. The van der Waals surface area contributed by atoms with Crippen molar-refractivity contribution in [1.82, 2.24) is 20.5 Å². The average molecular weight is 575 g/mol. The molecule has 0 bridgehead atoms. The fourth-order valence-corrected chi connectivity index (χ4v) is 7.33. The quantitative estimate of drug-likeness (QED) is 0.373. The maximum Gasteiger partial charge on any atom is 0.254 e. The van der Waals surface area contributed by atoms with E-state index in [-0.39, 0.29) is 23.9 Å². The second-order valence-electron chi connectivity index (χ2n) is 11.4. The number of likely N-dealkylation sites (tertiary alicyclic amines) is 1. The molecule has 2 fully saturated rings. The number of hydrogen-bond acceptors (Lipinski definition) is 7. The molecular formula is C32H38N4O4S. The molecule has 8 nitrogen and oxygen atoms in total. The van der Waals surface area contributed by atoms with E-state index in [1.165, 1.54) is 0 Å². The molecule has 0 saturated carbocycles. The molecule has 0 unspecified atom stereocenters. The first-order valence-corrected chi connectivity index (χ1v) is 15.6. The summed E-state index contributed by atoms with van der Waals surface area (Å²) in [5.74, 6) is 0.209. The number of thiazole rings is 1. The summed E-state index contributed by atoms with van der Waals surface area (Å²) in [6.07, 6.45) is 4.98. The van der Waals surface area contributed by atoms with Crippen LogP contribution in [-0.2, 0) is 12.8 Å². The van der Waals surface area contributed by atoms with Crippen LogP contribution in [0.2, 0.25) is 0 Å². The minimum absolute atomic E-state index is 0.0526. The van der Waals surface area contributed by atoms with Crippen LogP contribution in [0.25, 0.3) is 0 Å². The van der Waals surface area contributed by atoms with Gasteiger partial charge < -0.3 is 25.4 Å². The van der Waals surface area contributed by atoms with E-state index in [0.29, 0.717) is 36.4 Å². The van der Waals surface area contributed by atoms with Gasteiger partial charge in [0.25, 0.3) is 11.8 Å². The molecule has 216 valence electrons. The minimum atomic E-state index is -0.747. The fourth-order valence-electron chi connectivity index (χ4n) is 6.39. The first-order chi connectivity index (χ1) is 20.0. The molecule has 3 aliphatic heterocycles. The molecule has 9 heteroatoms. The predicted molar refractivity (Wildman–Crippen MR) is 159 cm³/mol. The molecule has 3 N–H and O–H groups in total. The number of benzene rings is 2. The maximum atomic E-state index is 14.1. The number of aliphatic hydroxyl groups excluding tert-OH is 1. The van der Waals surface area contributed by atoms with Crippen LogP contribution in [0.4, 0.5) is 0 Å². The molecule has 4 atom stereocenters. The van der Waals surface area contributed by atoms with Crippen molar-refractivity contribution in [3.8, 4) is 5.75 Å². The van der Waals surface area contributed by atoms with Crippen LogP contribution in [0, 0.1) is 6.92 Å². The number of fused-ring (bicyclic) bond motifs is 1. The normalized spacial score (nSPS) is 21.7. The Kier molecular flexibility index (Phi) is 8.37. The number of rotatable bonds is 8. The highest BCUT2D eigenvalue weighted by Crippen LogP contribution is 2.37. The van der Waals surface area contributed by atoms with Gasteiger partial charge in [-0.25, -0.2) is 4.98 Å². The Morgan fingerprint density at radius 2 is 2.05 bits per heavy atom. The van der Waals surface area contributed by atoms with Crippen LogP contribution in [0.15, 0.2) is 47.8 Å². The largest absolute Gasteiger partial charge is 0.493 e. The van der Waals surface area contributed by atoms with Crippen LogP contribution >= 0.6 is 11.3 Å². The number of aryl methyl sites for hydroxylation is 1. The van der Waals surface area contributed by atoms with E-state index in [4.69, 9.17) is 4.74 Å². The molecule has 0 aliphatic carbocycles. The summed E-state index contributed by atoms with van der Waals surface area (Å²) < 4.78 is 5.99. The van der Waals surface area contributed by atoms with Crippen molar-refractivity contribution in [2.75, 3.05) is 19.7 Å². The van der Waals surface area contributed by atoms with Gasteiger partial charge in [0.2, 0.25) is 0 Å². The Balaban J connectivity index is 1.29. The molecule has 0 spiro atoms. The van der Waals surface area contributed by atoms with E-state index in [2.05, 4.69) is 15.6 Å². The summed E-state index contributed by atoms with van der Waals surface area (Å²) in [6.45, 7) is 4.05. The third-order valence-corrected chi connectivity index (χ3v) is 9.57. The van der Waals surface area contributed by atoms with Gasteiger partial charge in [-0.05, 0) is 76.1 Å². The van der Waals surface area contributed by atoms with E-state index in [9.17, 15) is 14.7 Å². The molecular weight excluding hydrogens is 536 g/mol. The smallest absolute Gasteiger partial charge is 0.254 e. The summed E-state index contributed by atoms with van der Waals surface area (Å²) in [5.41, 5.74) is 3.78. The van der Waals surface area contributed by atoms with Gasteiger partial charge in [-0.15, -0.1) is 11.3 Å². The number of ether oxygens (including phenoxy) is 1. The number of amides is 2. The Bertz CT molecular complexity index is 1390. The summed E-state index contributed by atoms with van der Waals surface area (Å²) in [4.78, 5) is 34.5. The molecule has 2 saturated heterocycles. The van der Waals surface area contributed by atoms with Crippen molar-refractivity contribution >= 4 is 23.2 Å². The van der Waals surface area contributed by atoms with Gasteiger partial charge >= 0.3 is 0 Å². The third kappa shape index (κ3) is 6.03. The van der Waals surface area contributed by atoms with E-state index < -0.39 is 12.1 Å². The summed E-state index contributed by atoms with van der Waals surface area (Å²) in [7, 11) is 0. The fraction of sp³-hybridized carbons (Fsp3) is 0.469. The second kappa shape index (κ2) is 12.3. The lowest BCUT2D eigenvalue weighted by atomic mass is 9.93. The number of hydrogen-bond donors (Lipinski definition) is 3. The Morgan fingerprint density at radius 3 is 2.80 bits per heavy atom. The molecule has 0 radical (unpaired) electrons. The highest BCUT2D eigenvalue weighted by molar-refractivity contribution is 7.09. The maximum absolute atomic E-state index is 14.1. The lowest BCUT2D eigenvalue weighted by Crippen LogP contribution is -2.52. The summed E-state index contributed by atoms with van der Waals surface area (Å²) >= 11 is 1.60. The number of nitrogens with zero attached hydrogens (tertiary/aromatic N) is 2. The van der Waals surface area contributed by atoms with Gasteiger partial charge in [-0.1, -0.05) is 30.3 Å². The Morgan fingerprint density at radius 1 is 1.20 bits per heavy atom. The molecule has 2 aromatic carbocycles. The van der Waals surface area contributed by atoms with Crippen LogP contribution in [0.3, 0.4) is 0 Å². The lowest BCUT2D eigenvalue weighted by Gasteiger charge is -2.29. The van der Waals surface area contributed by atoms with Crippen LogP contribution in [-0.4, -0.2) is 64.7 Å². The van der Waals surface area contributed by atoms with Crippen molar-refractivity contribution in [2.45, 2.75) is 76.1 Å². The molecule has 3 aromatic rings. The standard InChI is InChI=1S/C32H38N4O4S/c1-20-19-41-31(34-20)27-12-6-14-36(27)32(39)24-17-22(18-28-23(24)10-7-15-40-28)30(38)35-26(16-21-8-3-2-4-9-21)29(37)25-11-5-13-33-25/h2-4,8-9,17-19,25-27,29,33,37H,5-7,10-16H2,1H3,(H,35,38)/t25-,26-,27-,29-/m1/s1. The van der Waals surface area contributed by atoms with Gasteiger partial charge in [0.15, 0.2) is 0 Å². The predicted octanol–water partition coefficient (Wildman–Crippen LogP) is 4.21. The Labute approximate surface area is 245 Å². The molecule has 3 aliphatic rings. The molecule has 4 heterocycles. The van der Waals surface area contributed by atoms with Gasteiger partial charge in [-0.2, -0.15) is 0 Å². The van der Waals surface area contributed by atoms with Gasteiger partial charge in [0.1, 0.15) is 10.8 Å². The highest BCUT2D eigenvalue weighted by Gasteiger charge is 2.36. The van der Waals surface area contributed by atoms with Crippen LogP contribution < -0.4 is 15.4 Å². The lowest BCUT2D eigenvalue weighted by molar-refractivity contribution is 0.0730. The van der Waals surface area contributed by atoms with Crippen molar-refractivity contribution < 1.29 is 19.4 Å². The third-order valence-electron chi connectivity index (χ3n) is 8.50. The number of carbonyl (C=O) groups is 2. The average Bonchev–Trinajstić information content (AvgIpc) is 3.78. The minimum Gasteiger partial charge on any atom is -0.493 e. The summed E-state index contributed by atoms with van der Waals surface area (Å²) in [5, 5.41) is 20.8. The highest BCUT2D eigenvalue weighted by atomic mass is 32.1. The number of carbonyl (C=O) groups excluding carboxylic acids is 2. The van der Waals surface area contributed by atoms with E-state index in [1.807, 2.05) is 47.5 Å². The zero-order valence-electron chi connectivity index (χ0n) is 23.5. The number of nitrogens with one attached hydrogen (secondary N) is 2. The molecule has 6 rings (SSSR count). The van der Waals surface area contributed by atoms with E-state index in [1.54, 1.807) is 23.5 Å². The molecule has 2 amide bonds. The van der Waals surface area contributed by atoms with E-state index >= 15 is 0 Å². The SMILES string of the molecule is Cc1csc([C@H]2CCCN2C(=O)c2cc(C(=O)N[C@H](Cc3ccccc3)[C@H](O)[C@H]3CCCN3)cc3c2CCCO3)n1. The van der Waals surface area contributed by atoms with Gasteiger partial charge in [0.05, 0.1) is 24.8 Å². The van der Waals surface area contributed by atoms with Crippen molar-refractivity contribution in [3.05, 3.63) is 80.8 Å². The molecule has 1 aromatic heterocycles. The Hall–Kier alpha value is -3.27. The van der Waals surface area contributed by atoms with Crippen molar-refractivity contribution in [3.63, 3.8) is 0 Å². The monoisotopic (exact) mass is 574 g/mol. The first-order valence-electron chi connectivity index (χ1n) is 14.8. The zero-order chi connectivity index (χ0) is 28.3. The number of aromatic nitrogens is 1. The van der Waals surface area contributed by atoms with Crippen LogP contribution in [0.5, 0.6) is 5.75 Å². The van der Waals surface area contributed by atoms with Crippen molar-refractivity contribution in [2.24, 2.45) is 0 Å². The molecule has 41 heavy (non-hydrogen) atoms. The topological polar surface area (TPSA) is 104 Å². The second-order valence-corrected chi connectivity index (χ2v) is 12.3. The number of aliphatic hydroxyl groups is 1. The summed E-state index contributed by atoms with van der Waals surface area (Å²) in [6, 6.07) is 12.8. The van der Waals surface area contributed by atoms with Crippen molar-refractivity contribution in [1.29, 1.82) is 0 Å². The van der Waals surface area contributed by atoms with Gasteiger partial charge in [-0.3, -0.25) is 9.59 Å². The van der Waals surface area contributed by atoms with E-state index in [0.717, 1.165) is 66.9 Å². The van der Waals surface area contributed by atoms with Crippen LogP contribution in [0.1, 0.15) is 80.7 Å². The zero-order valence-corrected chi connectivity index (χ0v) is 24.3.